The highest BCUT2D eigenvalue weighted by Crippen LogP contribution is 2.19. The van der Waals surface area contributed by atoms with Crippen LogP contribution in [-0.2, 0) is 4.79 Å². The SMILES string of the molecule is COc1cccc(C(C)NC(=O)CC(C)(C)N)c1. The average Bonchev–Trinajstić information content (AvgIpc) is 2.26. The molecule has 0 bridgehead atoms. The van der Waals surface area contributed by atoms with Gasteiger partial charge in [0.05, 0.1) is 13.2 Å². The number of rotatable bonds is 5. The third kappa shape index (κ3) is 4.75. The molecule has 1 atom stereocenters. The first-order chi connectivity index (χ1) is 8.31. The first kappa shape index (κ1) is 14.5. The molecule has 18 heavy (non-hydrogen) atoms. The molecule has 0 saturated heterocycles. The molecule has 0 aliphatic rings. The summed E-state index contributed by atoms with van der Waals surface area (Å²) in [5.41, 5.74) is 6.34. The van der Waals surface area contributed by atoms with Gasteiger partial charge in [-0.1, -0.05) is 12.1 Å². The molecule has 0 radical (unpaired) electrons. The van der Waals surface area contributed by atoms with Crippen molar-refractivity contribution < 1.29 is 9.53 Å². The van der Waals surface area contributed by atoms with E-state index in [0.717, 1.165) is 11.3 Å². The molecule has 1 amide bonds. The lowest BCUT2D eigenvalue weighted by atomic mass is 10.0. The van der Waals surface area contributed by atoms with Gasteiger partial charge in [-0.2, -0.15) is 0 Å². The molecule has 4 nitrogen and oxygen atoms in total. The van der Waals surface area contributed by atoms with Crippen LogP contribution >= 0.6 is 0 Å². The quantitative estimate of drug-likeness (QED) is 0.840. The fourth-order valence-corrected chi connectivity index (χ4v) is 1.70. The fraction of sp³-hybridized carbons (Fsp3) is 0.500. The van der Waals surface area contributed by atoms with Crippen molar-refractivity contribution in [2.24, 2.45) is 5.73 Å². The van der Waals surface area contributed by atoms with E-state index in [4.69, 9.17) is 10.5 Å². The molecular formula is C14H22N2O2. The summed E-state index contributed by atoms with van der Waals surface area (Å²) in [7, 11) is 1.62. The Morgan fingerprint density at radius 3 is 2.72 bits per heavy atom. The van der Waals surface area contributed by atoms with Crippen molar-refractivity contribution in [1.82, 2.24) is 5.32 Å². The van der Waals surface area contributed by atoms with Gasteiger partial charge in [-0.3, -0.25) is 4.79 Å². The normalized spacial score (nSPS) is 12.9. The molecule has 0 fully saturated rings. The molecule has 0 heterocycles. The van der Waals surface area contributed by atoms with Crippen molar-refractivity contribution in [3.8, 4) is 5.75 Å². The summed E-state index contributed by atoms with van der Waals surface area (Å²) in [5.74, 6) is 0.741. The summed E-state index contributed by atoms with van der Waals surface area (Å²) >= 11 is 0. The monoisotopic (exact) mass is 250 g/mol. The van der Waals surface area contributed by atoms with Crippen molar-refractivity contribution in [3.63, 3.8) is 0 Å². The van der Waals surface area contributed by atoms with Crippen LogP contribution < -0.4 is 15.8 Å². The van der Waals surface area contributed by atoms with E-state index in [-0.39, 0.29) is 11.9 Å². The largest absolute Gasteiger partial charge is 0.497 e. The molecule has 1 aromatic rings. The van der Waals surface area contributed by atoms with Crippen molar-refractivity contribution in [1.29, 1.82) is 0 Å². The van der Waals surface area contributed by atoms with E-state index < -0.39 is 5.54 Å². The van der Waals surface area contributed by atoms with Gasteiger partial charge in [-0.05, 0) is 38.5 Å². The Balaban J connectivity index is 2.64. The maximum atomic E-state index is 11.8. The van der Waals surface area contributed by atoms with Crippen LogP contribution in [0, 0.1) is 0 Å². The topological polar surface area (TPSA) is 64.3 Å². The number of benzene rings is 1. The smallest absolute Gasteiger partial charge is 0.222 e. The molecule has 1 rings (SSSR count). The predicted octanol–water partition coefficient (Wildman–Crippen LogP) is 2.00. The van der Waals surface area contributed by atoms with Crippen LogP contribution in [0.2, 0.25) is 0 Å². The molecule has 100 valence electrons. The van der Waals surface area contributed by atoms with Gasteiger partial charge in [0.2, 0.25) is 5.91 Å². The molecule has 0 saturated carbocycles. The Hall–Kier alpha value is -1.55. The van der Waals surface area contributed by atoms with E-state index in [9.17, 15) is 4.79 Å². The highest BCUT2D eigenvalue weighted by Gasteiger charge is 2.18. The summed E-state index contributed by atoms with van der Waals surface area (Å²) in [6.45, 7) is 5.61. The Labute approximate surface area is 109 Å². The second-order valence-corrected chi connectivity index (χ2v) is 5.23. The lowest BCUT2D eigenvalue weighted by Gasteiger charge is -2.20. The minimum Gasteiger partial charge on any atom is -0.497 e. The number of carbonyl (C=O) groups excluding carboxylic acids is 1. The Morgan fingerprint density at radius 2 is 2.17 bits per heavy atom. The van der Waals surface area contributed by atoms with Crippen LogP contribution in [0.1, 0.15) is 38.8 Å². The molecule has 0 spiro atoms. The number of carbonyl (C=O) groups is 1. The maximum absolute atomic E-state index is 11.8. The van der Waals surface area contributed by atoms with Gasteiger partial charge in [0, 0.05) is 12.0 Å². The van der Waals surface area contributed by atoms with Gasteiger partial charge < -0.3 is 15.8 Å². The van der Waals surface area contributed by atoms with E-state index in [1.165, 1.54) is 0 Å². The zero-order valence-electron chi connectivity index (χ0n) is 11.5. The van der Waals surface area contributed by atoms with Crippen LogP contribution in [0.5, 0.6) is 5.75 Å². The van der Waals surface area contributed by atoms with Gasteiger partial charge in [-0.25, -0.2) is 0 Å². The van der Waals surface area contributed by atoms with Gasteiger partial charge in [0.25, 0.3) is 0 Å². The fourth-order valence-electron chi connectivity index (χ4n) is 1.70. The summed E-state index contributed by atoms with van der Waals surface area (Å²) in [6.07, 6.45) is 0.307. The number of amides is 1. The van der Waals surface area contributed by atoms with E-state index in [1.807, 2.05) is 45.0 Å². The van der Waals surface area contributed by atoms with Crippen LogP contribution in [0.4, 0.5) is 0 Å². The minimum absolute atomic E-state index is 0.0437. The van der Waals surface area contributed by atoms with Gasteiger partial charge >= 0.3 is 0 Å². The minimum atomic E-state index is -0.488. The van der Waals surface area contributed by atoms with Gasteiger partial charge in [0.15, 0.2) is 0 Å². The van der Waals surface area contributed by atoms with Crippen LogP contribution in [0.3, 0.4) is 0 Å². The number of nitrogens with one attached hydrogen (secondary N) is 1. The van der Waals surface area contributed by atoms with Crippen LogP contribution in [-0.4, -0.2) is 18.6 Å². The Kier molecular flexibility index (Phi) is 4.73. The van der Waals surface area contributed by atoms with Crippen molar-refractivity contribution in [3.05, 3.63) is 29.8 Å². The van der Waals surface area contributed by atoms with E-state index in [1.54, 1.807) is 7.11 Å². The summed E-state index contributed by atoms with van der Waals surface area (Å²) < 4.78 is 5.16. The van der Waals surface area contributed by atoms with E-state index in [0.29, 0.717) is 6.42 Å². The predicted molar refractivity (Wildman–Crippen MR) is 72.4 cm³/mol. The summed E-state index contributed by atoms with van der Waals surface area (Å²) in [5, 5.41) is 2.93. The molecule has 0 aliphatic heterocycles. The summed E-state index contributed by atoms with van der Waals surface area (Å²) in [4.78, 5) is 11.8. The maximum Gasteiger partial charge on any atom is 0.222 e. The standard InChI is InChI=1S/C14H22N2O2/c1-10(16-13(17)9-14(2,3)15)11-6-5-7-12(8-11)18-4/h5-8,10H,9,15H2,1-4H3,(H,16,17). The third-order valence-corrected chi connectivity index (χ3v) is 2.59. The first-order valence-corrected chi connectivity index (χ1v) is 6.04. The van der Waals surface area contributed by atoms with Crippen molar-refractivity contribution in [2.75, 3.05) is 7.11 Å². The molecular weight excluding hydrogens is 228 g/mol. The number of hydrogen-bond acceptors (Lipinski definition) is 3. The lowest BCUT2D eigenvalue weighted by molar-refractivity contribution is -0.122. The third-order valence-electron chi connectivity index (χ3n) is 2.59. The molecule has 1 unspecified atom stereocenters. The van der Waals surface area contributed by atoms with E-state index in [2.05, 4.69) is 5.32 Å². The number of methoxy groups -OCH3 is 1. The first-order valence-electron chi connectivity index (χ1n) is 6.04. The lowest BCUT2D eigenvalue weighted by Crippen LogP contribution is -2.39. The van der Waals surface area contributed by atoms with Crippen LogP contribution in [0.25, 0.3) is 0 Å². The van der Waals surface area contributed by atoms with Gasteiger partial charge in [0.1, 0.15) is 5.75 Å². The Morgan fingerprint density at radius 1 is 1.50 bits per heavy atom. The molecule has 4 heteroatoms. The number of nitrogens with two attached hydrogens (primary N) is 1. The second kappa shape index (κ2) is 5.87. The second-order valence-electron chi connectivity index (χ2n) is 5.23. The summed E-state index contributed by atoms with van der Waals surface area (Å²) in [6, 6.07) is 7.60. The molecule has 1 aromatic carbocycles. The zero-order chi connectivity index (χ0) is 13.8. The molecule has 0 aliphatic carbocycles. The molecule has 0 aromatic heterocycles. The highest BCUT2D eigenvalue weighted by molar-refractivity contribution is 5.77. The number of ether oxygens (including phenoxy) is 1. The van der Waals surface area contributed by atoms with Gasteiger partial charge in [-0.15, -0.1) is 0 Å². The molecule has 3 N–H and O–H groups in total. The highest BCUT2D eigenvalue weighted by atomic mass is 16.5. The zero-order valence-corrected chi connectivity index (χ0v) is 11.5. The average molecular weight is 250 g/mol. The van der Waals surface area contributed by atoms with E-state index >= 15 is 0 Å². The van der Waals surface area contributed by atoms with Crippen molar-refractivity contribution in [2.45, 2.75) is 38.8 Å². The Bertz CT molecular complexity index is 411. The number of hydrogen-bond donors (Lipinski definition) is 2. The van der Waals surface area contributed by atoms with Crippen LogP contribution in [0.15, 0.2) is 24.3 Å². The van der Waals surface area contributed by atoms with Crippen molar-refractivity contribution >= 4 is 5.91 Å².